The summed E-state index contributed by atoms with van der Waals surface area (Å²) in [5.41, 5.74) is 7.51. The van der Waals surface area contributed by atoms with Crippen molar-refractivity contribution >= 4 is 18.3 Å². The Morgan fingerprint density at radius 1 is 1.12 bits per heavy atom. The van der Waals surface area contributed by atoms with Crippen LogP contribution >= 0.6 is 12.4 Å². The molecule has 1 aromatic carbocycles. The van der Waals surface area contributed by atoms with Crippen LogP contribution in [0, 0.1) is 23.6 Å². The summed E-state index contributed by atoms with van der Waals surface area (Å²) in [6.07, 6.45) is 8.85. The molecule has 5 heteroatoms. The minimum atomic E-state index is -0.202. The van der Waals surface area contributed by atoms with Crippen LogP contribution in [0.3, 0.4) is 0 Å². The van der Waals surface area contributed by atoms with E-state index in [4.69, 9.17) is 5.73 Å². The highest BCUT2D eigenvalue weighted by Gasteiger charge is 2.42. The predicted molar refractivity (Wildman–Crippen MR) is 104 cm³/mol. The number of hydrogen-bond acceptors (Lipinski definition) is 2. The molecule has 0 radical (unpaired) electrons. The first kappa shape index (κ1) is 19.6. The Morgan fingerprint density at radius 3 is 2.27 bits per heavy atom. The van der Waals surface area contributed by atoms with Crippen molar-refractivity contribution in [2.24, 2.45) is 23.5 Å². The second-order valence-electron chi connectivity index (χ2n) is 8.56. The lowest BCUT2D eigenvalue weighted by atomic mass is 9.63. The number of hydrogen-bond donors (Lipinski definition) is 2. The predicted octanol–water partition coefficient (Wildman–Crippen LogP) is 3.94. The van der Waals surface area contributed by atoms with E-state index in [0.717, 1.165) is 31.2 Å². The average molecular weight is 381 g/mol. The third kappa shape index (κ3) is 3.63. The van der Waals surface area contributed by atoms with Crippen molar-refractivity contribution in [3.8, 4) is 0 Å². The van der Waals surface area contributed by atoms with Gasteiger partial charge < -0.3 is 11.1 Å². The van der Waals surface area contributed by atoms with E-state index in [1.54, 1.807) is 0 Å². The van der Waals surface area contributed by atoms with Crippen molar-refractivity contribution in [2.45, 2.75) is 62.8 Å². The van der Waals surface area contributed by atoms with Crippen LogP contribution in [0.5, 0.6) is 0 Å². The lowest BCUT2D eigenvalue weighted by Crippen LogP contribution is -2.51. The van der Waals surface area contributed by atoms with Gasteiger partial charge >= 0.3 is 0 Å². The normalized spacial score (nSPS) is 32.1. The first-order chi connectivity index (χ1) is 12.1. The van der Waals surface area contributed by atoms with Crippen LogP contribution in [-0.2, 0) is 10.2 Å². The van der Waals surface area contributed by atoms with Gasteiger partial charge in [0.15, 0.2) is 0 Å². The fraction of sp³-hybridized carbons (Fsp3) is 0.667. The van der Waals surface area contributed by atoms with Gasteiger partial charge in [0.25, 0.3) is 0 Å². The molecule has 3 N–H and O–H groups in total. The van der Waals surface area contributed by atoms with Crippen molar-refractivity contribution in [1.82, 2.24) is 5.32 Å². The maximum Gasteiger partial charge on any atom is 0.223 e. The topological polar surface area (TPSA) is 55.1 Å². The van der Waals surface area contributed by atoms with E-state index in [1.165, 1.54) is 37.8 Å². The number of fused-ring (bicyclic) bond motifs is 2. The smallest absolute Gasteiger partial charge is 0.223 e. The summed E-state index contributed by atoms with van der Waals surface area (Å²) < 4.78 is 13.2. The van der Waals surface area contributed by atoms with Crippen molar-refractivity contribution in [1.29, 1.82) is 0 Å². The number of nitrogens with two attached hydrogens (primary N) is 1. The van der Waals surface area contributed by atoms with Gasteiger partial charge in [0.2, 0.25) is 5.91 Å². The molecule has 3 aliphatic rings. The highest BCUT2D eigenvalue weighted by atomic mass is 35.5. The molecular formula is C21H30ClFN2O. The van der Waals surface area contributed by atoms with E-state index >= 15 is 0 Å². The quantitative estimate of drug-likeness (QED) is 0.831. The Balaban J connectivity index is 0.00000196. The van der Waals surface area contributed by atoms with E-state index < -0.39 is 0 Å². The zero-order valence-electron chi connectivity index (χ0n) is 15.3. The number of rotatable bonds is 4. The van der Waals surface area contributed by atoms with Gasteiger partial charge in [-0.25, -0.2) is 4.39 Å². The van der Waals surface area contributed by atoms with Crippen molar-refractivity contribution in [2.75, 3.05) is 6.54 Å². The van der Waals surface area contributed by atoms with Crippen LogP contribution in [0.4, 0.5) is 4.39 Å². The third-order valence-electron chi connectivity index (χ3n) is 7.15. The fourth-order valence-electron chi connectivity index (χ4n) is 5.38. The Morgan fingerprint density at radius 2 is 1.73 bits per heavy atom. The van der Waals surface area contributed by atoms with Gasteiger partial charge in [-0.05, 0) is 68.1 Å². The van der Waals surface area contributed by atoms with Crippen LogP contribution < -0.4 is 11.1 Å². The highest BCUT2D eigenvalue weighted by Crippen LogP contribution is 2.44. The zero-order chi connectivity index (χ0) is 17.4. The zero-order valence-corrected chi connectivity index (χ0v) is 16.1. The molecule has 3 saturated carbocycles. The molecule has 3 nitrogen and oxygen atoms in total. The fourth-order valence-corrected chi connectivity index (χ4v) is 5.38. The molecule has 2 unspecified atom stereocenters. The van der Waals surface area contributed by atoms with Crippen LogP contribution in [0.15, 0.2) is 24.3 Å². The summed E-state index contributed by atoms with van der Waals surface area (Å²) in [7, 11) is 0. The Bertz CT molecular complexity index is 617. The largest absolute Gasteiger partial charge is 0.355 e. The van der Waals surface area contributed by atoms with Crippen molar-refractivity contribution in [3.05, 3.63) is 35.6 Å². The molecule has 3 fully saturated rings. The average Bonchev–Trinajstić information content (AvgIpc) is 2.55. The summed E-state index contributed by atoms with van der Waals surface area (Å²) in [5.74, 6) is 1.18. The number of carbonyl (C=O) groups excluding carboxylic acids is 1. The van der Waals surface area contributed by atoms with E-state index in [1.807, 2.05) is 12.1 Å². The molecular weight excluding hydrogens is 351 g/mol. The van der Waals surface area contributed by atoms with Crippen LogP contribution in [0.2, 0.25) is 0 Å². The van der Waals surface area contributed by atoms with Gasteiger partial charge in [-0.1, -0.05) is 25.0 Å². The third-order valence-corrected chi connectivity index (χ3v) is 7.15. The van der Waals surface area contributed by atoms with Crippen molar-refractivity contribution in [3.63, 3.8) is 0 Å². The van der Waals surface area contributed by atoms with Gasteiger partial charge in [-0.15, -0.1) is 12.4 Å². The molecule has 1 amide bonds. The number of carbonyl (C=O) groups is 1. The Hall–Kier alpha value is -1.13. The second kappa shape index (κ2) is 7.85. The van der Waals surface area contributed by atoms with Gasteiger partial charge in [0.05, 0.1) is 0 Å². The van der Waals surface area contributed by atoms with Gasteiger partial charge in [0.1, 0.15) is 5.82 Å². The molecule has 2 bridgehead atoms. The van der Waals surface area contributed by atoms with E-state index in [0.29, 0.717) is 24.4 Å². The molecule has 0 heterocycles. The lowest BCUT2D eigenvalue weighted by Gasteiger charge is -2.45. The standard InChI is InChI=1S/C21H29FN2O.ClH/c22-18-7-5-17(6-8-18)21(9-2-10-21)13-24-20(25)16-11-14-3-1-4-15(12-16)19(14)23;/h5-8,14-16,19H,1-4,9-13,23H2,(H,24,25);1H. The Kier molecular flexibility index (Phi) is 5.93. The highest BCUT2D eigenvalue weighted by molar-refractivity contribution is 5.85. The summed E-state index contributed by atoms with van der Waals surface area (Å²) >= 11 is 0. The van der Waals surface area contributed by atoms with Crippen LogP contribution in [0.25, 0.3) is 0 Å². The van der Waals surface area contributed by atoms with E-state index in [-0.39, 0.29) is 35.5 Å². The molecule has 4 rings (SSSR count). The number of halogens is 2. The van der Waals surface area contributed by atoms with Gasteiger partial charge in [-0.2, -0.15) is 0 Å². The first-order valence-corrected chi connectivity index (χ1v) is 9.87. The molecule has 26 heavy (non-hydrogen) atoms. The van der Waals surface area contributed by atoms with E-state index in [2.05, 4.69) is 5.32 Å². The first-order valence-electron chi connectivity index (χ1n) is 9.87. The summed E-state index contributed by atoms with van der Waals surface area (Å²) in [5, 5.41) is 3.24. The van der Waals surface area contributed by atoms with Gasteiger partial charge in [0, 0.05) is 23.9 Å². The van der Waals surface area contributed by atoms with Crippen LogP contribution in [-0.4, -0.2) is 18.5 Å². The maximum atomic E-state index is 13.2. The molecule has 144 valence electrons. The molecule has 2 atom stereocenters. The number of amides is 1. The molecule has 0 aromatic heterocycles. The summed E-state index contributed by atoms with van der Waals surface area (Å²) in [6, 6.07) is 7.12. The minimum absolute atomic E-state index is 0. The molecule has 3 aliphatic carbocycles. The summed E-state index contributed by atoms with van der Waals surface area (Å²) in [4.78, 5) is 12.8. The molecule has 1 aromatic rings. The Labute approximate surface area is 161 Å². The number of nitrogens with one attached hydrogen (secondary N) is 1. The lowest BCUT2D eigenvalue weighted by molar-refractivity contribution is -0.128. The molecule has 0 aliphatic heterocycles. The summed E-state index contributed by atoms with van der Waals surface area (Å²) in [6.45, 7) is 0.676. The number of benzene rings is 1. The SMILES string of the molecule is Cl.NC1C2CCCC1CC(C(=O)NCC1(c3ccc(F)cc3)CCC1)C2. The van der Waals surface area contributed by atoms with E-state index in [9.17, 15) is 9.18 Å². The molecule has 0 spiro atoms. The molecule has 0 saturated heterocycles. The maximum absolute atomic E-state index is 13.2. The van der Waals surface area contributed by atoms with Crippen molar-refractivity contribution < 1.29 is 9.18 Å². The minimum Gasteiger partial charge on any atom is -0.355 e. The van der Waals surface area contributed by atoms with Crippen LogP contribution in [0.1, 0.15) is 56.9 Å². The monoisotopic (exact) mass is 380 g/mol. The second-order valence-corrected chi connectivity index (χ2v) is 8.56. The van der Waals surface area contributed by atoms with Gasteiger partial charge in [-0.3, -0.25) is 4.79 Å².